The molecule has 0 spiro atoms. The van der Waals surface area contributed by atoms with Crippen molar-refractivity contribution in [3.63, 3.8) is 0 Å². The van der Waals surface area contributed by atoms with Gasteiger partial charge >= 0.3 is 0 Å². The van der Waals surface area contributed by atoms with Crippen LogP contribution in [0.4, 0.5) is 0 Å². The van der Waals surface area contributed by atoms with Crippen molar-refractivity contribution in [3.05, 3.63) is 52.0 Å². The molecule has 1 aromatic carbocycles. The highest BCUT2D eigenvalue weighted by atomic mass is 32.1. The van der Waals surface area contributed by atoms with Crippen LogP contribution in [0.3, 0.4) is 0 Å². The second-order valence-electron chi connectivity index (χ2n) is 5.25. The summed E-state index contributed by atoms with van der Waals surface area (Å²) in [5.74, 6) is 1.30. The SMILES string of the molecule is CCNC(=NCc1scnc1C)NCC(C)c1ccccc1. The number of aromatic nitrogens is 1. The van der Waals surface area contributed by atoms with Gasteiger partial charge in [-0.1, -0.05) is 37.3 Å². The van der Waals surface area contributed by atoms with E-state index in [4.69, 9.17) is 0 Å². The molecule has 1 unspecified atom stereocenters. The van der Waals surface area contributed by atoms with Gasteiger partial charge < -0.3 is 10.6 Å². The zero-order chi connectivity index (χ0) is 15.8. The molecule has 2 N–H and O–H groups in total. The first-order valence-electron chi connectivity index (χ1n) is 7.66. The largest absolute Gasteiger partial charge is 0.357 e. The Bertz CT molecular complexity index is 592. The maximum atomic E-state index is 4.65. The highest BCUT2D eigenvalue weighted by Crippen LogP contribution is 2.14. The van der Waals surface area contributed by atoms with E-state index in [-0.39, 0.29) is 0 Å². The molecular weight excluding hydrogens is 292 g/mol. The van der Waals surface area contributed by atoms with Gasteiger partial charge in [-0.2, -0.15) is 0 Å². The Labute approximate surface area is 136 Å². The molecule has 0 aliphatic heterocycles. The minimum atomic E-state index is 0.440. The Kier molecular flexibility index (Phi) is 6.40. The molecule has 0 amide bonds. The fourth-order valence-corrected chi connectivity index (χ4v) is 2.82. The highest BCUT2D eigenvalue weighted by Gasteiger charge is 2.06. The number of hydrogen-bond donors (Lipinski definition) is 2. The molecule has 2 aromatic rings. The standard InChI is InChI=1S/C17H24N4S/c1-4-18-17(20-11-16-14(3)21-12-22-16)19-10-13(2)15-8-6-5-7-9-15/h5-9,12-13H,4,10-11H2,1-3H3,(H2,18,19,20). The Balaban J connectivity index is 1.92. The quantitative estimate of drug-likeness (QED) is 0.635. The Morgan fingerprint density at radius 3 is 2.68 bits per heavy atom. The molecule has 0 saturated carbocycles. The molecule has 0 saturated heterocycles. The molecule has 0 fully saturated rings. The topological polar surface area (TPSA) is 49.3 Å². The minimum absolute atomic E-state index is 0.440. The summed E-state index contributed by atoms with van der Waals surface area (Å²) < 4.78 is 0. The summed E-state index contributed by atoms with van der Waals surface area (Å²) in [6.45, 7) is 8.71. The van der Waals surface area contributed by atoms with Gasteiger partial charge in [0, 0.05) is 18.0 Å². The number of benzene rings is 1. The number of thiazole rings is 1. The van der Waals surface area contributed by atoms with Crippen LogP contribution in [-0.4, -0.2) is 24.0 Å². The highest BCUT2D eigenvalue weighted by molar-refractivity contribution is 7.09. The van der Waals surface area contributed by atoms with Crippen LogP contribution in [0.2, 0.25) is 0 Å². The van der Waals surface area contributed by atoms with Crippen LogP contribution in [0.15, 0.2) is 40.8 Å². The molecule has 22 heavy (non-hydrogen) atoms. The molecule has 1 heterocycles. The molecule has 0 aliphatic rings. The van der Waals surface area contributed by atoms with Crippen molar-refractivity contribution in [1.29, 1.82) is 0 Å². The van der Waals surface area contributed by atoms with Gasteiger partial charge in [0.2, 0.25) is 0 Å². The third-order valence-electron chi connectivity index (χ3n) is 3.51. The number of rotatable bonds is 6. The van der Waals surface area contributed by atoms with Gasteiger partial charge in [0.15, 0.2) is 5.96 Å². The van der Waals surface area contributed by atoms with Crippen molar-refractivity contribution >= 4 is 17.3 Å². The van der Waals surface area contributed by atoms with Gasteiger partial charge in [-0.15, -0.1) is 11.3 Å². The molecular formula is C17H24N4S. The van der Waals surface area contributed by atoms with Crippen molar-refractivity contribution in [2.75, 3.05) is 13.1 Å². The Morgan fingerprint density at radius 2 is 2.05 bits per heavy atom. The van der Waals surface area contributed by atoms with Crippen molar-refractivity contribution < 1.29 is 0 Å². The molecule has 0 radical (unpaired) electrons. The van der Waals surface area contributed by atoms with Crippen LogP contribution < -0.4 is 10.6 Å². The lowest BCUT2D eigenvalue weighted by Crippen LogP contribution is -2.39. The van der Waals surface area contributed by atoms with E-state index in [0.717, 1.165) is 24.7 Å². The van der Waals surface area contributed by atoms with Gasteiger partial charge in [-0.05, 0) is 25.3 Å². The van der Waals surface area contributed by atoms with Crippen LogP contribution in [0.5, 0.6) is 0 Å². The second kappa shape index (κ2) is 8.54. The number of aliphatic imine (C=N–C) groups is 1. The summed E-state index contributed by atoms with van der Waals surface area (Å²) in [5, 5.41) is 6.72. The van der Waals surface area contributed by atoms with E-state index < -0.39 is 0 Å². The van der Waals surface area contributed by atoms with Gasteiger partial charge in [0.25, 0.3) is 0 Å². The van der Waals surface area contributed by atoms with Crippen molar-refractivity contribution in [1.82, 2.24) is 15.6 Å². The molecule has 0 aliphatic carbocycles. The summed E-state index contributed by atoms with van der Waals surface area (Å²) in [7, 11) is 0. The van der Waals surface area contributed by atoms with E-state index in [2.05, 4.69) is 58.7 Å². The van der Waals surface area contributed by atoms with E-state index in [1.54, 1.807) is 11.3 Å². The lowest BCUT2D eigenvalue weighted by atomic mass is 10.0. The van der Waals surface area contributed by atoms with Gasteiger partial charge in [-0.25, -0.2) is 9.98 Å². The first kappa shape index (κ1) is 16.5. The fraction of sp³-hybridized carbons (Fsp3) is 0.412. The molecule has 4 nitrogen and oxygen atoms in total. The molecule has 1 atom stereocenters. The van der Waals surface area contributed by atoms with Crippen LogP contribution in [-0.2, 0) is 6.54 Å². The number of nitrogens with zero attached hydrogens (tertiary/aromatic N) is 2. The van der Waals surface area contributed by atoms with E-state index in [0.29, 0.717) is 12.5 Å². The third-order valence-corrected chi connectivity index (χ3v) is 4.43. The number of guanidine groups is 1. The van der Waals surface area contributed by atoms with Crippen LogP contribution in [0.25, 0.3) is 0 Å². The summed E-state index contributed by atoms with van der Waals surface area (Å²) in [6.07, 6.45) is 0. The normalized spacial score (nSPS) is 13.0. The molecule has 5 heteroatoms. The summed E-state index contributed by atoms with van der Waals surface area (Å²) in [6, 6.07) is 10.5. The monoisotopic (exact) mass is 316 g/mol. The van der Waals surface area contributed by atoms with Crippen molar-refractivity contribution in [2.24, 2.45) is 4.99 Å². The number of nitrogens with one attached hydrogen (secondary N) is 2. The third kappa shape index (κ3) is 4.84. The van der Waals surface area contributed by atoms with E-state index in [1.165, 1.54) is 10.4 Å². The molecule has 2 rings (SSSR count). The lowest BCUT2D eigenvalue weighted by molar-refractivity contribution is 0.700. The molecule has 0 bridgehead atoms. The zero-order valence-electron chi connectivity index (χ0n) is 13.5. The number of hydrogen-bond acceptors (Lipinski definition) is 3. The van der Waals surface area contributed by atoms with Crippen LogP contribution in [0.1, 0.15) is 35.9 Å². The average Bonchev–Trinajstić information content (AvgIpc) is 2.96. The molecule has 118 valence electrons. The van der Waals surface area contributed by atoms with Crippen LogP contribution in [0, 0.1) is 6.92 Å². The lowest BCUT2D eigenvalue weighted by Gasteiger charge is -2.16. The van der Waals surface area contributed by atoms with Gasteiger partial charge in [-0.3, -0.25) is 0 Å². The van der Waals surface area contributed by atoms with Crippen LogP contribution >= 0.6 is 11.3 Å². The molecule has 1 aromatic heterocycles. The minimum Gasteiger partial charge on any atom is -0.357 e. The average molecular weight is 316 g/mol. The smallest absolute Gasteiger partial charge is 0.191 e. The first-order chi connectivity index (χ1) is 10.7. The second-order valence-corrected chi connectivity index (χ2v) is 6.19. The summed E-state index contributed by atoms with van der Waals surface area (Å²) in [4.78, 5) is 10.1. The Hall–Kier alpha value is -1.88. The zero-order valence-corrected chi connectivity index (χ0v) is 14.3. The summed E-state index contributed by atoms with van der Waals surface area (Å²) >= 11 is 1.66. The Morgan fingerprint density at radius 1 is 1.27 bits per heavy atom. The maximum Gasteiger partial charge on any atom is 0.191 e. The van der Waals surface area contributed by atoms with E-state index in [9.17, 15) is 0 Å². The fourth-order valence-electron chi connectivity index (χ4n) is 2.12. The number of aryl methyl sites for hydroxylation is 1. The predicted molar refractivity (Wildman–Crippen MR) is 94.5 cm³/mol. The van der Waals surface area contributed by atoms with Gasteiger partial charge in [0.1, 0.15) is 0 Å². The first-order valence-corrected chi connectivity index (χ1v) is 8.54. The van der Waals surface area contributed by atoms with Crippen molar-refractivity contribution in [2.45, 2.75) is 33.2 Å². The van der Waals surface area contributed by atoms with Gasteiger partial charge in [0.05, 0.1) is 17.7 Å². The van der Waals surface area contributed by atoms with E-state index in [1.807, 2.05) is 18.5 Å². The predicted octanol–water partition coefficient (Wildman–Crippen LogP) is 3.31. The summed E-state index contributed by atoms with van der Waals surface area (Å²) in [5.41, 5.74) is 4.28. The van der Waals surface area contributed by atoms with Crippen molar-refractivity contribution in [3.8, 4) is 0 Å². The van der Waals surface area contributed by atoms with E-state index >= 15 is 0 Å². The maximum absolute atomic E-state index is 4.65.